The molecule has 0 saturated heterocycles. The molecule has 4 heteroatoms. The summed E-state index contributed by atoms with van der Waals surface area (Å²) in [5.41, 5.74) is 4.70. The molecule has 0 unspecified atom stereocenters. The molecule has 0 bridgehead atoms. The first kappa shape index (κ1) is 21.2. The van der Waals surface area contributed by atoms with E-state index in [4.69, 9.17) is 4.74 Å². The Morgan fingerprint density at radius 2 is 2.04 bits per heavy atom. The van der Waals surface area contributed by atoms with Crippen LogP contribution in [0.1, 0.15) is 41.5 Å². The van der Waals surface area contributed by atoms with Gasteiger partial charge in [0.25, 0.3) is 0 Å². The molecule has 1 N–H and O–H groups in total. The molecule has 0 atom stereocenters. The maximum absolute atomic E-state index is 5.55. The van der Waals surface area contributed by atoms with E-state index in [2.05, 4.69) is 87.3 Å². The average Bonchev–Trinajstić information content (AvgIpc) is 2.96. The van der Waals surface area contributed by atoms with Gasteiger partial charge in [0.05, 0.1) is 24.1 Å². The summed E-state index contributed by atoms with van der Waals surface area (Å²) in [6.07, 6.45) is 10.9. The molecule has 25 heavy (non-hydrogen) atoms. The van der Waals surface area contributed by atoms with Crippen LogP contribution in [0.25, 0.3) is 0 Å². The molecule has 0 radical (unpaired) electrons. The molecule has 0 aromatic heterocycles. The lowest BCUT2D eigenvalue weighted by molar-refractivity contribution is 0.102. The third-order valence-electron chi connectivity index (χ3n) is 3.98. The number of aliphatic imine (C=N–C) groups is 1. The highest BCUT2D eigenvalue weighted by Crippen LogP contribution is 2.23. The van der Waals surface area contributed by atoms with Crippen molar-refractivity contribution in [2.75, 3.05) is 26.7 Å². The van der Waals surface area contributed by atoms with E-state index in [1.165, 1.54) is 17.0 Å². The molecular formula is C21H35N3O. The van der Waals surface area contributed by atoms with Crippen molar-refractivity contribution in [3.63, 3.8) is 0 Å². The second-order valence-corrected chi connectivity index (χ2v) is 6.74. The number of ether oxygens (including phenoxy) is 1. The van der Waals surface area contributed by atoms with Crippen molar-refractivity contribution in [3.8, 4) is 0 Å². The third-order valence-corrected chi connectivity index (χ3v) is 3.98. The Kier molecular flexibility index (Phi) is 9.28. The Hall–Kier alpha value is -1.81. The van der Waals surface area contributed by atoms with Gasteiger partial charge in [-0.25, -0.2) is 0 Å². The van der Waals surface area contributed by atoms with Gasteiger partial charge < -0.3 is 15.0 Å². The summed E-state index contributed by atoms with van der Waals surface area (Å²) in [6, 6.07) is 0. The van der Waals surface area contributed by atoms with Gasteiger partial charge in [-0.3, -0.25) is 4.99 Å². The molecule has 0 amide bonds. The Balaban J connectivity index is 2.74. The second-order valence-electron chi connectivity index (χ2n) is 6.74. The van der Waals surface area contributed by atoms with Gasteiger partial charge in [0.2, 0.25) is 0 Å². The number of nitrogens with zero attached hydrogens (tertiary/aromatic N) is 2. The predicted octanol–water partition coefficient (Wildman–Crippen LogP) is 4.29. The molecule has 0 fully saturated rings. The minimum atomic E-state index is 0.269. The van der Waals surface area contributed by atoms with E-state index in [0.29, 0.717) is 12.5 Å². The summed E-state index contributed by atoms with van der Waals surface area (Å²) in [6.45, 7) is 15.2. The van der Waals surface area contributed by atoms with Gasteiger partial charge >= 0.3 is 0 Å². The first-order valence-electron chi connectivity index (χ1n) is 9.25. The average molecular weight is 346 g/mol. The first-order valence-corrected chi connectivity index (χ1v) is 9.25. The van der Waals surface area contributed by atoms with E-state index in [9.17, 15) is 0 Å². The van der Waals surface area contributed by atoms with Crippen molar-refractivity contribution >= 4 is 5.71 Å². The number of hydrogen-bond acceptors (Lipinski definition) is 4. The van der Waals surface area contributed by atoms with Crippen LogP contribution in [0.4, 0.5) is 0 Å². The molecular weight excluding hydrogens is 310 g/mol. The molecule has 0 aromatic rings. The molecule has 1 aliphatic rings. The quantitative estimate of drug-likeness (QED) is 0.633. The van der Waals surface area contributed by atoms with Crippen LogP contribution in [-0.4, -0.2) is 43.5 Å². The van der Waals surface area contributed by atoms with Crippen molar-refractivity contribution < 1.29 is 4.74 Å². The van der Waals surface area contributed by atoms with E-state index in [1.807, 2.05) is 7.05 Å². The van der Waals surface area contributed by atoms with Gasteiger partial charge in [0, 0.05) is 32.0 Å². The van der Waals surface area contributed by atoms with Crippen molar-refractivity contribution in [2.24, 2.45) is 10.9 Å². The van der Waals surface area contributed by atoms with Gasteiger partial charge in [-0.15, -0.1) is 0 Å². The number of hydrogen-bond donors (Lipinski definition) is 1. The largest absolute Gasteiger partial charge is 0.383 e. The highest BCUT2D eigenvalue weighted by Gasteiger charge is 2.22. The molecule has 1 heterocycles. The normalized spacial score (nSPS) is 19.2. The first-order chi connectivity index (χ1) is 11.9. The van der Waals surface area contributed by atoms with Crippen LogP contribution in [0, 0.1) is 5.92 Å². The van der Waals surface area contributed by atoms with E-state index in [1.54, 1.807) is 0 Å². The third kappa shape index (κ3) is 6.91. The fourth-order valence-electron chi connectivity index (χ4n) is 2.61. The Labute approximate surface area is 154 Å². The molecule has 1 aliphatic heterocycles. The highest BCUT2D eigenvalue weighted by molar-refractivity contribution is 6.10. The van der Waals surface area contributed by atoms with Crippen LogP contribution in [0.15, 0.2) is 52.5 Å². The Bertz CT molecular complexity index is 566. The lowest BCUT2D eigenvalue weighted by atomic mass is 10.1. The van der Waals surface area contributed by atoms with Gasteiger partial charge in [0.1, 0.15) is 0 Å². The fourth-order valence-corrected chi connectivity index (χ4v) is 2.61. The minimum Gasteiger partial charge on any atom is -0.383 e. The lowest BCUT2D eigenvalue weighted by Gasteiger charge is -2.24. The van der Waals surface area contributed by atoms with Crippen molar-refractivity contribution in [1.29, 1.82) is 0 Å². The molecule has 0 aromatic carbocycles. The number of allylic oxidation sites excluding steroid dienone is 4. The maximum atomic E-state index is 5.55. The Morgan fingerprint density at radius 3 is 2.60 bits per heavy atom. The van der Waals surface area contributed by atoms with Gasteiger partial charge in [-0.05, 0) is 39.7 Å². The number of rotatable bonds is 9. The van der Waals surface area contributed by atoms with E-state index >= 15 is 0 Å². The second kappa shape index (κ2) is 10.9. The maximum Gasteiger partial charge on any atom is 0.0858 e. The van der Waals surface area contributed by atoms with Gasteiger partial charge in [-0.2, -0.15) is 0 Å². The van der Waals surface area contributed by atoms with Crippen molar-refractivity contribution in [1.82, 2.24) is 10.2 Å². The summed E-state index contributed by atoms with van der Waals surface area (Å²) in [7, 11) is 1.85. The van der Waals surface area contributed by atoms with Crippen LogP contribution in [0.5, 0.6) is 0 Å². The smallest absolute Gasteiger partial charge is 0.0858 e. The molecule has 4 nitrogen and oxygen atoms in total. The number of nitrogens with one attached hydrogen (secondary N) is 1. The van der Waals surface area contributed by atoms with E-state index in [-0.39, 0.29) is 6.10 Å². The zero-order chi connectivity index (χ0) is 18.8. The standard InChI is InChI=1S/C21H35N3O/c1-8-24-14-11-19(22-7)21(24)20(16(2)3)23-13-9-10-18(6)12-15-25-17(4)5/h9-12,14,16-17,23H,8,13,15H2,1-7H3/b10-9-,18-12-,21-20-,22-19-. The minimum absolute atomic E-state index is 0.269. The zero-order valence-electron chi connectivity index (χ0n) is 17.0. The predicted molar refractivity (Wildman–Crippen MR) is 109 cm³/mol. The molecule has 140 valence electrons. The van der Waals surface area contributed by atoms with Crippen LogP contribution < -0.4 is 5.32 Å². The lowest BCUT2D eigenvalue weighted by Crippen LogP contribution is -2.27. The molecule has 0 spiro atoms. The summed E-state index contributed by atoms with van der Waals surface area (Å²) in [4.78, 5) is 6.68. The SMILES string of the molecule is CCN1C=CC(=N/C)/C1=C(/NC/C=C\C(C)=C/COC(C)C)C(C)C. The van der Waals surface area contributed by atoms with Crippen molar-refractivity contribution in [2.45, 2.75) is 47.6 Å². The van der Waals surface area contributed by atoms with Crippen LogP contribution in [0.3, 0.4) is 0 Å². The summed E-state index contributed by atoms with van der Waals surface area (Å²) >= 11 is 0. The molecule has 1 rings (SSSR count). The Morgan fingerprint density at radius 1 is 1.32 bits per heavy atom. The monoisotopic (exact) mass is 345 g/mol. The van der Waals surface area contributed by atoms with Crippen LogP contribution >= 0.6 is 0 Å². The molecule has 0 saturated carbocycles. The topological polar surface area (TPSA) is 36.9 Å². The van der Waals surface area contributed by atoms with Gasteiger partial charge in [-0.1, -0.05) is 37.6 Å². The van der Waals surface area contributed by atoms with Crippen LogP contribution in [0.2, 0.25) is 0 Å². The summed E-state index contributed by atoms with van der Waals surface area (Å²) in [5, 5.41) is 3.59. The highest BCUT2D eigenvalue weighted by atomic mass is 16.5. The fraction of sp³-hybridized carbons (Fsp3) is 0.571. The van der Waals surface area contributed by atoms with Gasteiger partial charge in [0.15, 0.2) is 0 Å². The summed E-state index contributed by atoms with van der Waals surface area (Å²) < 4.78 is 5.55. The van der Waals surface area contributed by atoms with Crippen LogP contribution in [-0.2, 0) is 4.74 Å². The van der Waals surface area contributed by atoms with E-state index in [0.717, 1.165) is 18.8 Å². The zero-order valence-corrected chi connectivity index (χ0v) is 17.0. The molecule has 0 aliphatic carbocycles. The van der Waals surface area contributed by atoms with E-state index < -0.39 is 0 Å². The van der Waals surface area contributed by atoms with Crippen molar-refractivity contribution in [3.05, 3.63) is 47.5 Å². The summed E-state index contributed by atoms with van der Waals surface area (Å²) in [5.74, 6) is 0.408.